The van der Waals surface area contributed by atoms with Crippen LogP contribution < -0.4 is 10.9 Å². The first-order valence-electron chi connectivity index (χ1n) is 11.4. The fraction of sp³-hybridized carbons (Fsp3) is 0.500. The number of nitrogens with zero attached hydrogens (tertiary/aromatic N) is 4. The van der Waals surface area contributed by atoms with E-state index in [1.807, 2.05) is 45.0 Å². The van der Waals surface area contributed by atoms with E-state index in [4.69, 9.17) is 4.98 Å². The smallest absolute Gasteiger partial charge is 0.280 e. The standard InChI is InChI=1S/C24H31N5O2S/c1-4-29-22-21(17(3)27-29)26-24(32-15-20(30)25-19-8-6-5-7-9-19)28(23(22)31)14-18-12-10-16(2)11-13-18/h10-13,19H,4-9,14-15H2,1-3H3,(H,25,30). The summed E-state index contributed by atoms with van der Waals surface area (Å²) in [5.41, 5.74) is 3.94. The summed E-state index contributed by atoms with van der Waals surface area (Å²) < 4.78 is 3.40. The fourth-order valence-corrected chi connectivity index (χ4v) is 5.09. The Balaban J connectivity index is 1.64. The van der Waals surface area contributed by atoms with Gasteiger partial charge in [-0.25, -0.2) is 4.98 Å². The van der Waals surface area contributed by atoms with E-state index in [0.717, 1.165) is 24.1 Å². The molecule has 1 aromatic carbocycles. The van der Waals surface area contributed by atoms with E-state index in [1.165, 1.54) is 36.6 Å². The minimum absolute atomic E-state index is 0.000827. The van der Waals surface area contributed by atoms with E-state index < -0.39 is 0 Å². The molecule has 2 aromatic heterocycles. The Hall–Kier alpha value is -2.61. The molecule has 0 spiro atoms. The maximum Gasteiger partial charge on any atom is 0.280 e. The Morgan fingerprint density at radius 3 is 2.56 bits per heavy atom. The zero-order valence-electron chi connectivity index (χ0n) is 19.1. The van der Waals surface area contributed by atoms with E-state index in [9.17, 15) is 9.59 Å². The van der Waals surface area contributed by atoms with Gasteiger partial charge in [0.2, 0.25) is 5.91 Å². The van der Waals surface area contributed by atoms with Crippen LogP contribution in [0.3, 0.4) is 0 Å². The van der Waals surface area contributed by atoms with Crippen molar-refractivity contribution in [1.29, 1.82) is 0 Å². The Morgan fingerprint density at radius 2 is 1.88 bits per heavy atom. The SMILES string of the molecule is CCn1nc(C)c2nc(SCC(=O)NC3CCCCC3)n(Cc3ccc(C)cc3)c(=O)c21. The predicted octanol–water partition coefficient (Wildman–Crippen LogP) is 3.82. The first kappa shape index (κ1) is 22.6. The minimum atomic E-state index is -0.117. The molecule has 32 heavy (non-hydrogen) atoms. The number of carbonyl (C=O) groups is 1. The molecule has 0 atom stereocenters. The van der Waals surface area contributed by atoms with Crippen LogP contribution in [0.15, 0.2) is 34.2 Å². The van der Waals surface area contributed by atoms with Gasteiger partial charge < -0.3 is 5.32 Å². The van der Waals surface area contributed by atoms with Crippen molar-refractivity contribution >= 4 is 28.7 Å². The van der Waals surface area contributed by atoms with Gasteiger partial charge in [-0.05, 0) is 39.2 Å². The van der Waals surface area contributed by atoms with Gasteiger partial charge in [0, 0.05) is 12.6 Å². The molecule has 1 fully saturated rings. The molecule has 1 amide bonds. The number of hydrogen-bond donors (Lipinski definition) is 1. The van der Waals surface area contributed by atoms with Gasteiger partial charge in [-0.3, -0.25) is 18.8 Å². The molecule has 1 saturated carbocycles. The van der Waals surface area contributed by atoms with Gasteiger partial charge in [0.05, 0.1) is 18.0 Å². The van der Waals surface area contributed by atoms with Crippen LogP contribution in [-0.4, -0.2) is 37.0 Å². The number of nitrogens with one attached hydrogen (secondary N) is 1. The summed E-state index contributed by atoms with van der Waals surface area (Å²) in [6.07, 6.45) is 5.70. The van der Waals surface area contributed by atoms with Crippen molar-refractivity contribution in [3.05, 3.63) is 51.4 Å². The number of aromatic nitrogens is 4. The average molecular weight is 454 g/mol. The zero-order valence-corrected chi connectivity index (χ0v) is 19.9. The molecule has 4 rings (SSSR count). The Morgan fingerprint density at radius 1 is 1.16 bits per heavy atom. The molecule has 1 aliphatic carbocycles. The Kier molecular flexibility index (Phi) is 6.98. The van der Waals surface area contributed by atoms with Crippen molar-refractivity contribution in [1.82, 2.24) is 24.6 Å². The molecule has 7 nitrogen and oxygen atoms in total. The molecular formula is C24H31N5O2S. The molecule has 0 aliphatic heterocycles. The summed E-state index contributed by atoms with van der Waals surface area (Å²) in [6.45, 7) is 6.88. The lowest BCUT2D eigenvalue weighted by molar-refractivity contribution is -0.119. The molecule has 170 valence electrons. The Bertz CT molecular complexity index is 1160. The van der Waals surface area contributed by atoms with E-state index in [1.54, 1.807) is 9.25 Å². The van der Waals surface area contributed by atoms with E-state index >= 15 is 0 Å². The summed E-state index contributed by atoms with van der Waals surface area (Å²) in [5, 5.41) is 8.20. The maximum absolute atomic E-state index is 13.5. The zero-order chi connectivity index (χ0) is 22.7. The number of amides is 1. The summed E-state index contributed by atoms with van der Waals surface area (Å²) >= 11 is 1.32. The highest BCUT2D eigenvalue weighted by Gasteiger charge is 2.20. The van der Waals surface area contributed by atoms with Crippen molar-refractivity contribution in [3.63, 3.8) is 0 Å². The van der Waals surface area contributed by atoms with Crippen molar-refractivity contribution in [2.75, 3.05) is 5.75 Å². The van der Waals surface area contributed by atoms with Gasteiger partial charge in [0.15, 0.2) is 10.7 Å². The molecule has 2 heterocycles. The summed E-state index contributed by atoms with van der Waals surface area (Å²) in [7, 11) is 0. The average Bonchev–Trinajstić information content (AvgIpc) is 3.12. The van der Waals surface area contributed by atoms with E-state index in [2.05, 4.69) is 10.4 Å². The Labute approximate surface area is 192 Å². The van der Waals surface area contributed by atoms with Crippen molar-refractivity contribution in [2.24, 2.45) is 0 Å². The lowest BCUT2D eigenvalue weighted by Crippen LogP contribution is -2.37. The summed E-state index contributed by atoms with van der Waals surface area (Å²) in [5.74, 6) is 0.239. The fourth-order valence-electron chi connectivity index (χ4n) is 4.29. The van der Waals surface area contributed by atoms with Crippen LogP contribution in [0.4, 0.5) is 0 Å². The van der Waals surface area contributed by atoms with Gasteiger partial charge in [-0.15, -0.1) is 0 Å². The van der Waals surface area contributed by atoms with Crippen LogP contribution in [0, 0.1) is 13.8 Å². The number of benzene rings is 1. The lowest BCUT2D eigenvalue weighted by Gasteiger charge is -2.22. The van der Waals surface area contributed by atoms with Gasteiger partial charge in [-0.2, -0.15) is 5.10 Å². The first-order valence-corrected chi connectivity index (χ1v) is 12.4. The second-order valence-corrected chi connectivity index (χ2v) is 9.50. The molecule has 0 radical (unpaired) electrons. The summed E-state index contributed by atoms with van der Waals surface area (Å²) in [6, 6.07) is 8.40. The summed E-state index contributed by atoms with van der Waals surface area (Å²) in [4.78, 5) is 30.9. The van der Waals surface area contributed by atoms with Crippen LogP contribution in [0.5, 0.6) is 0 Å². The third kappa shape index (κ3) is 4.90. The quantitative estimate of drug-likeness (QED) is 0.434. The number of thioether (sulfide) groups is 1. The van der Waals surface area contributed by atoms with Gasteiger partial charge in [0.25, 0.3) is 5.56 Å². The van der Waals surface area contributed by atoms with E-state index in [-0.39, 0.29) is 23.3 Å². The second-order valence-electron chi connectivity index (χ2n) is 8.56. The number of hydrogen-bond acceptors (Lipinski definition) is 5. The monoisotopic (exact) mass is 453 g/mol. The van der Waals surface area contributed by atoms with Crippen LogP contribution in [0.2, 0.25) is 0 Å². The van der Waals surface area contributed by atoms with Crippen molar-refractivity contribution < 1.29 is 4.79 Å². The lowest BCUT2D eigenvalue weighted by atomic mass is 9.95. The van der Waals surface area contributed by atoms with Gasteiger partial charge in [0.1, 0.15) is 5.52 Å². The van der Waals surface area contributed by atoms with Crippen LogP contribution in [0.1, 0.15) is 55.8 Å². The van der Waals surface area contributed by atoms with Gasteiger partial charge >= 0.3 is 0 Å². The number of fused-ring (bicyclic) bond motifs is 1. The molecule has 0 unspecified atom stereocenters. The number of rotatable bonds is 7. The van der Waals surface area contributed by atoms with Crippen molar-refractivity contribution in [3.8, 4) is 0 Å². The molecule has 0 saturated heterocycles. The van der Waals surface area contributed by atoms with Crippen molar-refractivity contribution in [2.45, 2.75) is 77.2 Å². The highest BCUT2D eigenvalue weighted by atomic mass is 32.2. The largest absolute Gasteiger partial charge is 0.353 e. The molecule has 1 aliphatic rings. The second kappa shape index (κ2) is 9.90. The molecule has 3 aromatic rings. The third-order valence-corrected chi connectivity index (χ3v) is 7.02. The molecule has 0 bridgehead atoms. The highest BCUT2D eigenvalue weighted by molar-refractivity contribution is 7.99. The predicted molar refractivity (Wildman–Crippen MR) is 128 cm³/mol. The topological polar surface area (TPSA) is 81.8 Å². The van der Waals surface area contributed by atoms with E-state index in [0.29, 0.717) is 29.3 Å². The molecule has 1 N–H and O–H groups in total. The third-order valence-electron chi connectivity index (χ3n) is 6.05. The van der Waals surface area contributed by atoms with Crippen LogP contribution in [-0.2, 0) is 17.9 Å². The normalized spacial score (nSPS) is 14.7. The maximum atomic E-state index is 13.5. The minimum Gasteiger partial charge on any atom is -0.353 e. The highest BCUT2D eigenvalue weighted by Crippen LogP contribution is 2.22. The molecule has 8 heteroatoms. The number of aryl methyl sites for hydroxylation is 3. The van der Waals surface area contributed by atoms with Gasteiger partial charge in [-0.1, -0.05) is 60.9 Å². The van der Waals surface area contributed by atoms with Crippen LogP contribution >= 0.6 is 11.8 Å². The van der Waals surface area contributed by atoms with Crippen LogP contribution in [0.25, 0.3) is 11.0 Å². The first-order chi connectivity index (χ1) is 15.5. The molecular weight excluding hydrogens is 422 g/mol. The number of carbonyl (C=O) groups excluding carboxylic acids is 1.